The van der Waals surface area contributed by atoms with Gasteiger partial charge in [0.25, 0.3) is 11.6 Å². The summed E-state index contributed by atoms with van der Waals surface area (Å²) >= 11 is 5.87. The van der Waals surface area contributed by atoms with E-state index in [1.165, 1.54) is 6.07 Å². The number of aromatic nitrogens is 1. The molecule has 3 rings (SSSR count). The molecule has 140 valence electrons. The molecule has 0 aliphatic heterocycles. The number of nitrogens with one attached hydrogen (secondary N) is 3. The standard InChI is InChI=1S/C16H10ClF3N4O3/c17-10-2-4-11-8(5-10)6-13(21-11)15(25)23-22-12-3-1-9(16(18,19)20)7-14(12)24(26)27/h1-7,21-22H,(H,23,25). The van der Waals surface area contributed by atoms with Crippen LogP contribution in [0.25, 0.3) is 10.9 Å². The average molecular weight is 399 g/mol. The van der Waals surface area contributed by atoms with E-state index in [2.05, 4.69) is 15.8 Å². The zero-order valence-corrected chi connectivity index (χ0v) is 14.0. The van der Waals surface area contributed by atoms with Gasteiger partial charge in [-0.15, -0.1) is 0 Å². The van der Waals surface area contributed by atoms with Crippen molar-refractivity contribution < 1.29 is 22.9 Å². The zero-order chi connectivity index (χ0) is 19.8. The van der Waals surface area contributed by atoms with Gasteiger partial charge in [0.2, 0.25) is 0 Å². The van der Waals surface area contributed by atoms with Crippen LogP contribution in [0.4, 0.5) is 24.5 Å². The first-order chi connectivity index (χ1) is 12.6. The van der Waals surface area contributed by atoms with Crippen molar-refractivity contribution in [3.8, 4) is 0 Å². The molecule has 0 fully saturated rings. The van der Waals surface area contributed by atoms with Gasteiger partial charge in [-0.25, -0.2) is 0 Å². The second kappa shape index (κ2) is 6.80. The number of fused-ring (bicyclic) bond motifs is 1. The van der Waals surface area contributed by atoms with Crippen LogP contribution in [0.2, 0.25) is 5.02 Å². The number of amides is 1. The first-order valence-electron chi connectivity index (χ1n) is 7.35. The molecule has 0 radical (unpaired) electrons. The summed E-state index contributed by atoms with van der Waals surface area (Å²) in [5.74, 6) is -0.670. The van der Waals surface area contributed by atoms with E-state index in [0.29, 0.717) is 28.1 Å². The Morgan fingerprint density at radius 1 is 1.15 bits per heavy atom. The van der Waals surface area contributed by atoms with Crippen molar-refractivity contribution in [3.05, 3.63) is 68.9 Å². The average Bonchev–Trinajstić information content (AvgIpc) is 3.01. The third-order valence-corrected chi connectivity index (χ3v) is 3.89. The number of halogens is 4. The first-order valence-corrected chi connectivity index (χ1v) is 7.73. The fraction of sp³-hybridized carbons (Fsp3) is 0.0625. The summed E-state index contributed by atoms with van der Waals surface area (Å²) in [6.07, 6.45) is -4.72. The highest BCUT2D eigenvalue weighted by Crippen LogP contribution is 2.34. The predicted octanol–water partition coefficient (Wildman–Crippen LogP) is 4.51. The molecule has 3 N–H and O–H groups in total. The molecule has 27 heavy (non-hydrogen) atoms. The van der Waals surface area contributed by atoms with Crippen molar-refractivity contribution in [1.29, 1.82) is 0 Å². The summed E-state index contributed by atoms with van der Waals surface area (Å²) in [6.45, 7) is 0. The molecule has 0 saturated heterocycles. The minimum absolute atomic E-state index is 0.134. The molecule has 0 aliphatic rings. The number of nitro groups is 1. The monoisotopic (exact) mass is 398 g/mol. The number of carbonyl (C=O) groups excluding carboxylic acids is 1. The molecule has 0 spiro atoms. The third-order valence-electron chi connectivity index (χ3n) is 3.66. The van der Waals surface area contributed by atoms with Crippen LogP contribution in [-0.2, 0) is 6.18 Å². The summed E-state index contributed by atoms with van der Waals surface area (Å²) in [4.78, 5) is 25.1. The fourth-order valence-electron chi connectivity index (χ4n) is 2.38. The number of H-pyrrole nitrogens is 1. The second-order valence-corrected chi connectivity index (χ2v) is 5.92. The minimum atomic E-state index is -4.72. The highest BCUT2D eigenvalue weighted by molar-refractivity contribution is 6.31. The summed E-state index contributed by atoms with van der Waals surface area (Å²) in [5.41, 5.74) is 2.97. The minimum Gasteiger partial charge on any atom is -0.350 e. The molecule has 1 heterocycles. The quantitative estimate of drug-likeness (QED) is 0.445. The van der Waals surface area contributed by atoms with Crippen LogP contribution in [0.15, 0.2) is 42.5 Å². The number of nitrogens with zero attached hydrogens (tertiary/aromatic N) is 1. The molecule has 1 aromatic heterocycles. The van der Waals surface area contributed by atoms with Crippen LogP contribution in [0.3, 0.4) is 0 Å². The van der Waals surface area contributed by atoms with E-state index in [1.807, 2.05) is 0 Å². The van der Waals surface area contributed by atoms with Crippen LogP contribution in [-0.4, -0.2) is 15.8 Å². The van der Waals surface area contributed by atoms with Gasteiger partial charge < -0.3 is 4.98 Å². The first kappa shape index (κ1) is 18.5. The van der Waals surface area contributed by atoms with Gasteiger partial charge >= 0.3 is 6.18 Å². The molecular weight excluding hydrogens is 389 g/mol. The zero-order valence-electron chi connectivity index (χ0n) is 13.2. The number of rotatable bonds is 4. The molecule has 0 unspecified atom stereocenters. The Balaban J connectivity index is 1.80. The number of hydrazine groups is 1. The lowest BCUT2D eigenvalue weighted by Crippen LogP contribution is -2.30. The lowest BCUT2D eigenvalue weighted by molar-refractivity contribution is -0.384. The summed E-state index contributed by atoms with van der Waals surface area (Å²) in [5, 5.41) is 12.2. The highest BCUT2D eigenvalue weighted by atomic mass is 35.5. The largest absolute Gasteiger partial charge is 0.416 e. The molecule has 11 heteroatoms. The number of benzene rings is 2. The number of alkyl halides is 3. The third kappa shape index (κ3) is 3.95. The molecule has 0 bridgehead atoms. The van der Waals surface area contributed by atoms with Crippen molar-refractivity contribution >= 4 is 39.8 Å². The van der Waals surface area contributed by atoms with Crippen molar-refractivity contribution in [2.75, 3.05) is 5.43 Å². The van der Waals surface area contributed by atoms with Gasteiger partial charge in [0, 0.05) is 22.0 Å². The van der Waals surface area contributed by atoms with E-state index in [4.69, 9.17) is 11.6 Å². The summed E-state index contributed by atoms with van der Waals surface area (Å²) in [7, 11) is 0. The normalized spacial score (nSPS) is 11.4. The van der Waals surface area contributed by atoms with Crippen LogP contribution >= 0.6 is 11.6 Å². The van der Waals surface area contributed by atoms with Crippen LogP contribution in [0.5, 0.6) is 0 Å². The molecule has 0 aliphatic carbocycles. The number of hydrogen-bond donors (Lipinski definition) is 3. The molecule has 7 nitrogen and oxygen atoms in total. The Labute approximate surface area is 154 Å². The lowest BCUT2D eigenvalue weighted by atomic mass is 10.1. The SMILES string of the molecule is O=C(NNc1ccc(C(F)(F)F)cc1[N+](=O)[O-])c1cc2cc(Cl)ccc2[nH]1. The van der Waals surface area contributed by atoms with Gasteiger partial charge in [0.15, 0.2) is 0 Å². The number of carbonyl (C=O) groups is 1. The smallest absolute Gasteiger partial charge is 0.350 e. The van der Waals surface area contributed by atoms with Gasteiger partial charge in [0.1, 0.15) is 11.4 Å². The number of aromatic amines is 1. The van der Waals surface area contributed by atoms with Crippen molar-refractivity contribution in [2.45, 2.75) is 6.18 Å². The summed E-state index contributed by atoms with van der Waals surface area (Å²) < 4.78 is 38.1. The van der Waals surface area contributed by atoms with Gasteiger partial charge in [0.05, 0.1) is 10.5 Å². The van der Waals surface area contributed by atoms with E-state index in [-0.39, 0.29) is 11.4 Å². The molecule has 0 atom stereocenters. The van der Waals surface area contributed by atoms with E-state index >= 15 is 0 Å². The van der Waals surface area contributed by atoms with Crippen LogP contribution in [0.1, 0.15) is 16.1 Å². The Morgan fingerprint density at radius 2 is 1.89 bits per heavy atom. The van der Waals surface area contributed by atoms with Gasteiger partial charge in [-0.2, -0.15) is 13.2 Å². The van der Waals surface area contributed by atoms with Gasteiger partial charge in [-0.3, -0.25) is 25.8 Å². The molecule has 3 aromatic rings. The van der Waals surface area contributed by atoms with E-state index < -0.39 is 28.3 Å². The highest BCUT2D eigenvalue weighted by Gasteiger charge is 2.33. The topological polar surface area (TPSA) is 100 Å². The molecule has 0 saturated carbocycles. The number of hydrogen-bond acceptors (Lipinski definition) is 4. The Kier molecular flexibility index (Phi) is 4.66. The molecular formula is C16H10ClF3N4O3. The van der Waals surface area contributed by atoms with E-state index in [0.717, 1.165) is 6.07 Å². The van der Waals surface area contributed by atoms with Crippen LogP contribution < -0.4 is 10.9 Å². The van der Waals surface area contributed by atoms with Gasteiger partial charge in [-0.1, -0.05) is 11.6 Å². The van der Waals surface area contributed by atoms with Crippen molar-refractivity contribution in [2.24, 2.45) is 0 Å². The second-order valence-electron chi connectivity index (χ2n) is 5.48. The summed E-state index contributed by atoms with van der Waals surface area (Å²) in [6, 6.07) is 8.38. The van der Waals surface area contributed by atoms with E-state index in [1.54, 1.807) is 18.2 Å². The van der Waals surface area contributed by atoms with Crippen molar-refractivity contribution in [1.82, 2.24) is 10.4 Å². The Morgan fingerprint density at radius 3 is 2.56 bits per heavy atom. The number of nitro benzene ring substituents is 1. The maximum atomic E-state index is 12.7. The maximum Gasteiger partial charge on any atom is 0.416 e. The molecule has 1 amide bonds. The van der Waals surface area contributed by atoms with Gasteiger partial charge in [-0.05, 0) is 36.4 Å². The Hall–Kier alpha value is -3.27. The predicted molar refractivity (Wildman–Crippen MR) is 92.5 cm³/mol. The fourth-order valence-corrected chi connectivity index (χ4v) is 2.56. The van der Waals surface area contributed by atoms with Crippen LogP contribution in [0, 0.1) is 10.1 Å². The lowest BCUT2D eigenvalue weighted by Gasteiger charge is -2.11. The van der Waals surface area contributed by atoms with E-state index in [9.17, 15) is 28.1 Å². The number of anilines is 1. The molecule has 2 aromatic carbocycles. The van der Waals surface area contributed by atoms with Crippen molar-refractivity contribution in [3.63, 3.8) is 0 Å². The maximum absolute atomic E-state index is 12.7. The Bertz CT molecular complexity index is 1050.